The smallest absolute Gasteiger partial charge is 0.295 e. The number of aryl methyl sites for hydroxylation is 4. The Balaban J connectivity index is 1.90. The largest absolute Gasteiger partial charge is 0.328 e. The number of imidazole rings is 1. The number of aromatic amines is 1. The van der Waals surface area contributed by atoms with E-state index in [1.807, 2.05) is 50.2 Å². The molecule has 0 atom stereocenters. The highest BCUT2D eigenvalue weighted by molar-refractivity contribution is 5.79. The summed E-state index contributed by atoms with van der Waals surface area (Å²) < 4.78 is 4.72. The first-order valence-electron chi connectivity index (χ1n) is 9.02. The minimum atomic E-state index is -0.157. The van der Waals surface area contributed by atoms with Crippen molar-refractivity contribution in [3.8, 4) is 5.69 Å². The molecule has 0 unspecified atom stereocenters. The number of hydrogen-bond acceptors (Lipinski definition) is 2. The Morgan fingerprint density at radius 3 is 2.36 bits per heavy atom. The molecule has 0 saturated heterocycles. The van der Waals surface area contributed by atoms with Crippen LogP contribution in [0.1, 0.15) is 16.7 Å². The van der Waals surface area contributed by atoms with Crippen LogP contribution in [-0.4, -0.2) is 18.9 Å². The Bertz CT molecular complexity index is 1460. The van der Waals surface area contributed by atoms with Crippen LogP contribution < -0.4 is 21.8 Å². The minimum absolute atomic E-state index is 0.0799. The lowest BCUT2D eigenvalue weighted by molar-refractivity contribution is 0.795. The van der Waals surface area contributed by atoms with E-state index < -0.39 is 0 Å². The number of aromatic nitrogens is 4. The Kier molecular flexibility index (Phi) is 4.00. The first kappa shape index (κ1) is 17.9. The van der Waals surface area contributed by atoms with Gasteiger partial charge in [0, 0.05) is 14.1 Å². The van der Waals surface area contributed by atoms with Crippen LogP contribution in [0, 0.1) is 13.8 Å². The van der Waals surface area contributed by atoms with Crippen molar-refractivity contribution in [2.75, 3.05) is 0 Å². The molecule has 0 aliphatic carbocycles. The third kappa shape index (κ3) is 2.65. The zero-order valence-electron chi connectivity index (χ0n) is 16.4. The highest BCUT2D eigenvalue weighted by atomic mass is 16.1. The second-order valence-electron chi connectivity index (χ2n) is 7.21. The molecule has 4 aromatic rings. The van der Waals surface area contributed by atoms with Crippen molar-refractivity contribution < 1.29 is 0 Å². The molecule has 0 radical (unpaired) electrons. The summed E-state index contributed by atoms with van der Waals surface area (Å²) in [7, 11) is 3.49. The molecule has 0 spiro atoms. The Morgan fingerprint density at radius 1 is 0.929 bits per heavy atom. The molecule has 1 N–H and O–H groups in total. The number of hydrogen-bond donors (Lipinski definition) is 1. The fourth-order valence-electron chi connectivity index (χ4n) is 3.47. The summed E-state index contributed by atoms with van der Waals surface area (Å²) in [4.78, 5) is 25.1. The van der Waals surface area contributed by atoms with E-state index in [0.29, 0.717) is 10.6 Å². The lowest BCUT2D eigenvalue weighted by atomic mass is 10.1. The van der Waals surface area contributed by atoms with Crippen LogP contribution in [0.4, 0.5) is 0 Å². The van der Waals surface area contributed by atoms with Crippen molar-refractivity contribution in [2.45, 2.75) is 13.8 Å². The van der Waals surface area contributed by atoms with Gasteiger partial charge in [-0.15, -0.1) is 0 Å². The fourth-order valence-corrected chi connectivity index (χ4v) is 3.47. The van der Waals surface area contributed by atoms with Crippen LogP contribution in [0.3, 0.4) is 0 Å². The van der Waals surface area contributed by atoms with E-state index in [1.54, 1.807) is 29.3 Å². The molecule has 0 amide bonds. The molecule has 0 saturated carbocycles. The van der Waals surface area contributed by atoms with E-state index in [2.05, 4.69) is 11.7 Å². The molecular formula is C22H22N4O2. The average Bonchev–Trinajstić information content (AvgIpc) is 3.07. The van der Waals surface area contributed by atoms with Crippen LogP contribution in [0.5, 0.6) is 0 Å². The molecule has 0 fully saturated rings. The lowest BCUT2D eigenvalue weighted by Crippen LogP contribution is -2.33. The topological polar surface area (TPSA) is 64.7 Å². The van der Waals surface area contributed by atoms with Gasteiger partial charge >= 0.3 is 5.69 Å². The first-order chi connectivity index (χ1) is 13.3. The van der Waals surface area contributed by atoms with E-state index in [1.165, 1.54) is 10.2 Å². The fraction of sp³-hybridized carbons (Fsp3) is 0.182. The number of rotatable bonds is 2. The zero-order valence-corrected chi connectivity index (χ0v) is 16.4. The number of nitrogens with one attached hydrogen (secondary N) is 1. The van der Waals surface area contributed by atoms with E-state index in [-0.39, 0.29) is 11.2 Å². The van der Waals surface area contributed by atoms with Gasteiger partial charge in [-0.2, -0.15) is 0 Å². The van der Waals surface area contributed by atoms with E-state index >= 15 is 0 Å². The van der Waals surface area contributed by atoms with Crippen molar-refractivity contribution in [1.29, 1.82) is 0 Å². The molecule has 0 aliphatic heterocycles. The molecule has 6 nitrogen and oxygen atoms in total. The maximum atomic E-state index is 13.0. The van der Waals surface area contributed by atoms with E-state index in [4.69, 9.17) is 0 Å². The molecule has 2 heterocycles. The summed E-state index contributed by atoms with van der Waals surface area (Å²) in [6.07, 6.45) is 1.80. The molecule has 2 aromatic heterocycles. The number of benzene rings is 2. The van der Waals surface area contributed by atoms with Gasteiger partial charge < -0.3 is 0 Å². The van der Waals surface area contributed by atoms with E-state index in [0.717, 1.165) is 27.8 Å². The Labute approximate surface area is 161 Å². The van der Waals surface area contributed by atoms with Gasteiger partial charge in [-0.05, 0) is 60.9 Å². The van der Waals surface area contributed by atoms with Gasteiger partial charge in [-0.3, -0.25) is 19.0 Å². The maximum Gasteiger partial charge on any atom is 0.328 e. The Morgan fingerprint density at radius 2 is 1.64 bits per heavy atom. The lowest BCUT2D eigenvalue weighted by Gasteiger charge is -2.04. The van der Waals surface area contributed by atoms with Gasteiger partial charge in [-0.1, -0.05) is 18.7 Å². The summed E-state index contributed by atoms with van der Waals surface area (Å²) in [6.45, 7) is 8.05. The van der Waals surface area contributed by atoms with Crippen LogP contribution in [0.25, 0.3) is 29.4 Å². The van der Waals surface area contributed by atoms with Gasteiger partial charge in [0.1, 0.15) is 0 Å². The highest BCUT2D eigenvalue weighted by Gasteiger charge is 2.09. The summed E-state index contributed by atoms with van der Waals surface area (Å²) >= 11 is 0. The van der Waals surface area contributed by atoms with Crippen molar-refractivity contribution in [3.05, 3.63) is 84.5 Å². The van der Waals surface area contributed by atoms with Crippen molar-refractivity contribution in [1.82, 2.24) is 18.9 Å². The second kappa shape index (κ2) is 6.27. The van der Waals surface area contributed by atoms with Gasteiger partial charge in [0.15, 0.2) is 0 Å². The number of H-pyrrole nitrogens is 1. The maximum absolute atomic E-state index is 13.0. The van der Waals surface area contributed by atoms with Gasteiger partial charge in [0.2, 0.25) is 0 Å². The van der Waals surface area contributed by atoms with Crippen molar-refractivity contribution >= 4 is 23.7 Å². The summed E-state index contributed by atoms with van der Waals surface area (Å²) in [5.74, 6) is 0. The van der Waals surface area contributed by atoms with Gasteiger partial charge in [0.05, 0.1) is 27.3 Å². The number of fused-ring (bicyclic) bond motifs is 1. The predicted octanol–water partition coefficient (Wildman–Crippen LogP) is 1.21. The third-order valence-corrected chi connectivity index (χ3v) is 5.36. The molecule has 0 aliphatic rings. The van der Waals surface area contributed by atoms with Crippen LogP contribution in [0.15, 0.2) is 46.0 Å². The van der Waals surface area contributed by atoms with Gasteiger partial charge in [-0.25, -0.2) is 9.48 Å². The van der Waals surface area contributed by atoms with Crippen LogP contribution in [-0.2, 0) is 14.1 Å². The molecule has 28 heavy (non-hydrogen) atoms. The average molecular weight is 374 g/mol. The normalized spacial score (nSPS) is 12.2. The standard InChI is InChI=1S/C22H22N4O2/c1-13-6-8-17(10-14(13)2)26-21(27)18(15(3)23-26)11-16-7-9-19-20(12-16)25(5)22(28)24(19)4/h6-12,23H,3H2,1-2,4-5H3/b18-11+. The zero-order chi connectivity index (χ0) is 20.2. The molecular weight excluding hydrogens is 352 g/mol. The molecule has 142 valence electrons. The summed E-state index contributed by atoms with van der Waals surface area (Å²) in [6, 6.07) is 11.6. The van der Waals surface area contributed by atoms with Gasteiger partial charge in [0.25, 0.3) is 5.56 Å². The van der Waals surface area contributed by atoms with Crippen LogP contribution in [0.2, 0.25) is 0 Å². The highest BCUT2D eigenvalue weighted by Crippen LogP contribution is 2.14. The molecule has 4 rings (SSSR count). The molecule has 6 heteroatoms. The van der Waals surface area contributed by atoms with E-state index in [9.17, 15) is 9.59 Å². The minimum Gasteiger partial charge on any atom is -0.295 e. The Hall–Kier alpha value is -3.54. The molecule has 2 aromatic carbocycles. The quantitative estimate of drug-likeness (QED) is 0.573. The summed E-state index contributed by atoms with van der Waals surface area (Å²) in [5, 5.41) is 4.11. The number of nitrogens with zero attached hydrogens (tertiary/aromatic N) is 3. The SMILES string of the molecule is C=c1[nH]n(-c2ccc(C)c(C)c2)c(=O)/c1=C/c1ccc2c(c1)n(C)c(=O)n2C. The van der Waals surface area contributed by atoms with Crippen molar-refractivity contribution in [3.63, 3.8) is 0 Å². The van der Waals surface area contributed by atoms with Crippen LogP contribution >= 0.6 is 0 Å². The predicted molar refractivity (Wildman–Crippen MR) is 112 cm³/mol. The van der Waals surface area contributed by atoms with Crippen molar-refractivity contribution in [2.24, 2.45) is 14.1 Å². The third-order valence-electron chi connectivity index (χ3n) is 5.36. The monoisotopic (exact) mass is 374 g/mol. The first-order valence-corrected chi connectivity index (χ1v) is 9.02. The second-order valence-corrected chi connectivity index (χ2v) is 7.21. The summed E-state index contributed by atoms with van der Waals surface area (Å²) in [5.41, 5.74) is 5.33. The molecule has 0 bridgehead atoms.